The number of nitrogen functional groups attached to an aromatic ring is 1. The Hall–Kier alpha value is -0.560. The molecule has 0 amide bonds. The summed E-state index contributed by atoms with van der Waals surface area (Å²) in [5, 5.41) is 3.91. The summed E-state index contributed by atoms with van der Waals surface area (Å²) < 4.78 is 11.0. The Balaban J connectivity index is 2.74. The van der Waals surface area contributed by atoms with Gasteiger partial charge in [-0.2, -0.15) is 0 Å². The molecule has 0 bridgehead atoms. The molecular formula is C10H16Cl2N4OS. The molecule has 0 aliphatic rings. The van der Waals surface area contributed by atoms with Crippen molar-refractivity contribution in [3.63, 3.8) is 0 Å². The summed E-state index contributed by atoms with van der Waals surface area (Å²) in [5.74, 6) is 6.78. The van der Waals surface area contributed by atoms with Crippen LogP contribution in [0.5, 0.6) is 0 Å². The number of hydrogen-bond donors (Lipinski definition) is 3. The number of aromatic nitrogens is 1. The van der Waals surface area contributed by atoms with Gasteiger partial charge in [0.05, 0.1) is 10.0 Å². The van der Waals surface area contributed by atoms with E-state index in [9.17, 15) is 4.21 Å². The lowest BCUT2D eigenvalue weighted by atomic mass is 10.2. The normalized spacial score (nSPS) is 14.1. The lowest BCUT2D eigenvalue weighted by Crippen LogP contribution is -2.19. The van der Waals surface area contributed by atoms with Crippen LogP contribution in [0.15, 0.2) is 6.07 Å². The van der Waals surface area contributed by atoms with Gasteiger partial charge in [-0.25, -0.2) is 10.8 Å². The van der Waals surface area contributed by atoms with Crippen LogP contribution in [0, 0.1) is 0 Å². The van der Waals surface area contributed by atoms with Crippen LogP contribution in [0.3, 0.4) is 0 Å². The summed E-state index contributed by atoms with van der Waals surface area (Å²) in [6, 6.07) is 1.67. The van der Waals surface area contributed by atoms with Crippen molar-refractivity contribution in [2.24, 2.45) is 5.84 Å². The minimum atomic E-state index is -0.806. The van der Waals surface area contributed by atoms with Crippen LogP contribution >= 0.6 is 23.2 Å². The number of nitrogens with one attached hydrogen (secondary N) is 2. The van der Waals surface area contributed by atoms with Crippen molar-refractivity contribution in [1.29, 1.82) is 0 Å². The first-order valence-corrected chi connectivity index (χ1v) is 7.81. The third-order valence-electron chi connectivity index (χ3n) is 2.29. The molecule has 102 valence electrons. The van der Waals surface area contributed by atoms with E-state index in [-0.39, 0.29) is 6.04 Å². The van der Waals surface area contributed by atoms with Gasteiger partial charge in [-0.1, -0.05) is 23.2 Å². The second kappa shape index (κ2) is 7.13. The fourth-order valence-electron chi connectivity index (χ4n) is 1.32. The topological polar surface area (TPSA) is 80.0 Å². The fraction of sp³-hybridized carbons (Fsp3) is 0.500. The van der Waals surface area contributed by atoms with Gasteiger partial charge in [0.2, 0.25) is 0 Å². The molecule has 0 saturated heterocycles. The number of anilines is 2. The van der Waals surface area contributed by atoms with Crippen LogP contribution in [0.25, 0.3) is 0 Å². The zero-order valence-electron chi connectivity index (χ0n) is 10.2. The van der Waals surface area contributed by atoms with Crippen LogP contribution in [0.4, 0.5) is 11.6 Å². The van der Waals surface area contributed by atoms with E-state index in [1.54, 1.807) is 12.3 Å². The maximum Gasteiger partial charge on any atom is 0.161 e. The van der Waals surface area contributed by atoms with E-state index < -0.39 is 10.8 Å². The Morgan fingerprint density at radius 1 is 1.44 bits per heavy atom. The van der Waals surface area contributed by atoms with Gasteiger partial charge in [-0.15, -0.1) is 0 Å². The summed E-state index contributed by atoms with van der Waals surface area (Å²) in [4.78, 5) is 4.17. The molecule has 0 aromatic carbocycles. The summed E-state index contributed by atoms with van der Waals surface area (Å²) >= 11 is 11.9. The van der Waals surface area contributed by atoms with Gasteiger partial charge in [0.15, 0.2) is 5.82 Å². The monoisotopic (exact) mass is 310 g/mol. The Kier molecular flexibility index (Phi) is 6.14. The number of hydrazine groups is 1. The van der Waals surface area contributed by atoms with Crippen molar-refractivity contribution in [1.82, 2.24) is 4.98 Å². The van der Waals surface area contributed by atoms with Crippen molar-refractivity contribution in [2.45, 2.75) is 19.4 Å². The molecule has 2 atom stereocenters. The summed E-state index contributed by atoms with van der Waals surface area (Å²) in [6.45, 7) is 1.97. The summed E-state index contributed by atoms with van der Waals surface area (Å²) in [5.41, 5.74) is 2.40. The van der Waals surface area contributed by atoms with Gasteiger partial charge in [-0.05, 0) is 19.4 Å². The molecular weight excluding hydrogens is 295 g/mol. The maximum atomic E-state index is 11.0. The minimum Gasteiger partial charge on any atom is -0.366 e. The van der Waals surface area contributed by atoms with Crippen LogP contribution in [0.1, 0.15) is 13.3 Å². The van der Waals surface area contributed by atoms with Crippen LogP contribution < -0.4 is 16.6 Å². The molecule has 4 N–H and O–H groups in total. The SMILES string of the molecule is CC(CCS(C)=O)Nc1nc(NN)c(Cl)cc1Cl. The molecule has 8 heteroatoms. The van der Waals surface area contributed by atoms with Crippen molar-refractivity contribution in [3.8, 4) is 0 Å². The van der Waals surface area contributed by atoms with Gasteiger partial charge in [0.1, 0.15) is 5.82 Å². The predicted octanol–water partition coefficient (Wildman–Crippen LogP) is 2.24. The zero-order valence-corrected chi connectivity index (χ0v) is 12.5. The molecule has 1 rings (SSSR count). The van der Waals surface area contributed by atoms with Crippen LogP contribution in [0.2, 0.25) is 10.0 Å². The van der Waals surface area contributed by atoms with Gasteiger partial charge in [-0.3, -0.25) is 4.21 Å². The van der Waals surface area contributed by atoms with Crippen LogP contribution in [-0.4, -0.2) is 27.2 Å². The number of nitrogens with two attached hydrogens (primary N) is 1. The first kappa shape index (κ1) is 15.5. The Labute approximate surface area is 119 Å². The summed E-state index contributed by atoms with van der Waals surface area (Å²) in [7, 11) is -0.806. The molecule has 0 aliphatic heterocycles. The molecule has 0 aliphatic carbocycles. The highest BCUT2D eigenvalue weighted by Crippen LogP contribution is 2.29. The van der Waals surface area contributed by atoms with Crippen molar-refractivity contribution < 1.29 is 4.21 Å². The number of rotatable bonds is 6. The van der Waals surface area contributed by atoms with Gasteiger partial charge in [0.25, 0.3) is 0 Å². The number of pyridine rings is 1. The molecule has 18 heavy (non-hydrogen) atoms. The fourth-order valence-corrected chi connectivity index (χ4v) is 2.47. The quantitative estimate of drug-likeness (QED) is 0.554. The summed E-state index contributed by atoms with van der Waals surface area (Å²) in [6.07, 6.45) is 2.44. The second-order valence-corrected chi connectivity index (χ2v) is 6.27. The number of nitrogens with zero attached hydrogens (tertiary/aromatic N) is 1. The molecule has 1 aromatic heterocycles. The lowest BCUT2D eigenvalue weighted by Gasteiger charge is -2.16. The predicted molar refractivity (Wildman–Crippen MR) is 78.7 cm³/mol. The highest BCUT2D eigenvalue weighted by Gasteiger charge is 2.11. The average molecular weight is 311 g/mol. The third-order valence-corrected chi connectivity index (χ3v) is 3.67. The van der Waals surface area contributed by atoms with E-state index in [0.29, 0.717) is 27.4 Å². The smallest absolute Gasteiger partial charge is 0.161 e. The number of hydrogen-bond acceptors (Lipinski definition) is 5. The average Bonchev–Trinajstić information content (AvgIpc) is 2.30. The highest BCUT2D eigenvalue weighted by molar-refractivity contribution is 7.84. The maximum absolute atomic E-state index is 11.0. The van der Waals surface area contributed by atoms with Crippen molar-refractivity contribution in [2.75, 3.05) is 22.8 Å². The molecule has 1 heterocycles. The molecule has 0 radical (unpaired) electrons. The van der Waals surface area contributed by atoms with Crippen LogP contribution in [-0.2, 0) is 10.8 Å². The molecule has 1 aromatic rings. The zero-order chi connectivity index (χ0) is 13.7. The lowest BCUT2D eigenvalue weighted by molar-refractivity contribution is 0.678. The van der Waals surface area contributed by atoms with Gasteiger partial charge >= 0.3 is 0 Å². The van der Waals surface area contributed by atoms with E-state index >= 15 is 0 Å². The Bertz CT molecular complexity index is 444. The van der Waals surface area contributed by atoms with E-state index in [1.807, 2.05) is 6.92 Å². The minimum absolute atomic E-state index is 0.102. The first-order chi connectivity index (χ1) is 8.43. The van der Waals surface area contributed by atoms with Crippen molar-refractivity contribution in [3.05, 3.63) is 16.1 Å². The third kappa shape index (κ3) is 4.61. The standard InChI is InChI=1S/C10H16Cl2N4OS/c1-6(3-4-18(2)17)14-9-7(11)5-8(12)10(15-9)16-13/h5-6H,3-4,13H2,1-2H3,(H2,14,15,16). The molecule has 5 nitrogen and oxygen atoms in total. The molecule has 0 spiro atoms. The van der Waals surface area contributed by atoms with Crippen molar-refractivity contribution >= 4 is 45.6 Å². The Morgan fingerprint density at radius 3 is 2.61 bits per heavy atom. The molecule has 0 fully saturated rings. The second-order valence-electron chi connectivity index (χ2n) is 3.90. The molecule has 2 unspecified atom stereocenters. The van der Waals surface area contributed by atoms with E-state index in [1.165, 1.54) is 0 Å². The van der Waals surface area contributed by atoms with Gasteiger partial charge in [0, 0.05) is 28.9 Å². The highest BCUT2D eigenvalue weighted by atomic mass is 35.5. The number of halogens is 2. The van der Waals surface area contributed by atoms with E-state index in [4.69, 9.17) is 29.0 Å². The molecule has 0 saturated carbocycles. The van der Waals surface area contributed by atoms with Gasteiger partial charge < -0.3 is 10.7 Å². The Morgan fingerprint density at radius 2 is 2.06 bits per heavy atom. The van der Waals surface area contributed by atoms with E-state index in [2.05, 4.69) is 15.7 Å². The largest absolute Gasteiger partial charge is 0.366 e. The van der Waals surface area contributed by atoms with E-state index in [0.717, 1.165) is 6.42 Å². The first-order valence-electron chi connectivity index (χ1n) is 5.33.